The Morgan fingerprint density at radius 3 is 2.43 bits per heavy atom. The summed E-state index contributed by atoms with van der Waals surface area (Å²) in [5.41, 5.74) is 0.469. The van der Waals surface area contributed by atoms with E-state index in [0.717, 1.165) is 17.9 Å². The zero-order valence-electron chi connectivity index (χ0n) is 15.0. The Labute approximate surface area is 133 Å². The van der Waals surface area contributed by atoms with Crippen molar-refractivity contribution in [1.82, 2.24) is 10.2 Å². The van der Waals surface area contributed by atoms with Crippen LogP contribution in [0, 0.1) is 17.3 Å². The number of likely N-dealkylation sites (tertiary alicyclic amines) is 1. The van der Waals surface area contributed by atoms with Gasteiger partial charge in [0.1, 0.15) is 0 Å². The topological polar surface area (TPSA) is 15.3 Å². The lowest BCUT2D eigenvalue weighted by molar-refractivity contribution is 0.108. The molecule has 0 aromatic carbocycles. The van der Waals surface area contributed by atoms with Crippen LogP contribution in [0.2, 0.25) is 0 Å². The molecule has 21 heavy (non-hydrogen) atoms. The molecule has 1 N–H and O–H groups in total. The minimum Gasteiger partial charge on any atom is -0.312 e. The largest absolute Gasteiger partial charge is 0.312 e. The van der Waals surface area contributed by atoms with Gasteiger partial charge < -0.3 is 10.2 Å². The molecule has 1 saturated carbocycles. The molecule has 2 fully saturated rings. The normalized spacial score (nSPS) is 28.6. The lowest BCUT2D eigenvalue weighted by atomic mass is 9.79. The summed E-state index contributed by atoms with van der Waals surface area (Å²) in [5, 5.41) is 3.90. The highest BCUT2D eigenvalue weighted by Gasteiger charge is 2.30. The molecule has 0 aromatic rings. The molecule has 2 atom stereocenters. The molecule has 0 radical (unpaired) electrons. The molecule has 1 heterocycles. The maximum Gasteiger partial charge on any atom is 0.0198 e. The van der Waals surface area contributed by atoms with Gasteiger partial charge in [0.25, 0.3) is 0 Å². The fourth-order valence-electron chi connectivity index (χ4n) is 4.06. The van der Waals surface area contributed by atoms with Crippen LogP contribution in [-0.2, 0) is 0 Å². The van der Waals surface area contributed by atoms with Crippen molar-refractivity contribution < 1.29 is 0 Å². The zero-order valence-corrected chi connectivity index (χ0v) is 15.0. The van der Waals surface area contributed by atoms with E-state index in [1.165, 1.54) is 71.1 Å². The first-order valence-corrected chi connectivity index (χ1v) is 9.42. The summed E-state index contributed by atoms with van der Waals surface area (Å²) in [6.45, 7) is 14.7. The van der Waals surface area contributed by atoms with E-state index in [0.29, 0.717) is 5.41 Å². The minimum atomic E-state index is 0.469. The van der Waals surface area contributed by atoms with Crippen molar-refractivity contribution in [3.05, 3.63) is 0 Å². The first-order valence-electron chi connectivity index (χ1n) is 9.42. The third-order valence-electron chi connectivity index (χ3n) is 5.26. The van der Waals surface area contributed by atoms with Crippen LogP contribution >= 0.6 is 0 Å². The number of hydrogen-bond acceptors (Lipinski definition) is 2. The van der Waals surface area contributed by atoms with Crippen molar-refractivity contribution in [1.29, 1.82) is 0 Å². The van der Waals surface area contributed by atoms with E-state index in [4.69, 9.17) is 0 Å². The Kier molecular flexibility index (Phi) is 6.55. The lowest BCUT2D eigenvalue weighted by Crippen LogP contribution is -2.51. The van der Waals surface area contributed by atoms with E-state index in [-0.39, 0.29) is 0 Å². The van der Waals surface area contributed by atoms with Crippen molar-refractivity contribution >= 4 is 0 Å². The van der Waals surface area contributed by atoms with E-state index in [1.54, 1.807) is 0 Å². The van der Waals surface area contributed by atoms with Crippen LogP contribution in [0.4, 0.5) is 0 Å². The van der Waals surface area contributed by atoms with Gasteiger partial charge >= 0.3 is 0 Å². The summed E-state index contributed by atoms with van der Waals surface area (Å²) in [4.78, 5) is 2.74. The second-order valence-corrected chi connectivity index (χ2v) is 8.88. The highest BCUT2D eigenvalue weighted by molar-refractivity contribution is 4.86. The molecular formula is C19H38N2. The maximum atomic E-state index is 3.90. The summed E-state index contributed by atoms with van der Waals surface area (Å²) in [6, 6.07) is 0.739. The molecule has 2 unspecified atom stereocenters. The van der Waals surface area contributed by atoms with E-state index in [2.05, 4.69) is 37.9 Å². The second kappa shape index (κ2) is 7.97. The number of unbranched alkanes of at least 4 members (excludes halogenated alkanes) is 1. The van der Waals surface area contributed by atoms with Gasteiger partial charge in [-0.15, -0.1) is 0 Å². The van der Waals surface area contributed by atoms with Crippen molar-refractivity contribution in [3.63, 3.8) is 0 Å². The third-order valence-corrected chi connectivity index (χ3v) is 5.26. The van der Waals surface area contributed by atoms with Crippen molar-refractivity contribution in [2.45, 2.75) is 78.7 Å². The molecule has 2 aliphatic rings. The lowest BCUT2D eigenvalue weighted by Gasteiger charge is -2.41. The summed E-state index contributed by atoms with van der Waals surface area (Å²) >= 11 is 0. The van der Waals surface area contributed by atoms with Crippen LogP contribution in [0.5, 0.6) is 0 Å². The SMILES string of the molecule is CCCCN1CC(CC(C)(C)C)CC(NCC2CCC2)C1. The van der Waals surface area contributed by atoms with E-state index < -0.39 is 0 Å². The molecular weight excluding hydrogens is 256 g/mol. The van der Waals surface area contributed by atoms with Crippen LogP contribution in [0.15, 0.2) is 0 Å². The molecule has 1 aliphatic carbocycles. The van der Waals surface area contributed by atoms with E-state index in [9.17, 15) is 0 Å². The van der Waals surface area contributed by atoms with Crippen LogP contribution in [0.1, 0.15) is 72.6 Å². The van der Waals surface area contributed by atoms with Crippen LogP contribution in [0.25, 0.3) is 0 Å². The monoisotopic (exact) mass is 294 g/mol. The quantitative estimate of drug-likeness (QED) is 0.753. The summed E-state index contributed by atoms with van der Waals surface area (Å²) in [6.07, 6.45) is 9.84. The third kappa shape index (κ3) is 6.28. The Hall–Kier alpha value is -0.0800. The average Bonchev–Trinajstić information content (AvgIpc) is 2.32. The van der Waals surface area contributed by atoms with Crippen molar-refractivity contribution in [2.75, 3.05) is 26.2 Å². The molecule has 2 heteroatoms. The fraction of sp³-hybridized carbons (Fsp3) is 1.00. The molecule has 0 spiro atoms. The van der Waals surface area contributed by atoms with Crippen LogP contribution in [-0.4, -0.2) is 37.1 Å². The average molecular weight is 295 g/mol. The van der Waals surface area contributed by atoms with Crippen molar-refractivity contribution in [2.24, 2.45) is 17.3 Å². The van der Waals surface area contributed by atoms with E-state index in [1.807, 2.05) is 0 Å². The molecule has 0 aromatic heterocycles. The molecule has 0 bridgehead atoms. The molecule has 1 aliphatic heterocycles. The Morgan fingerprint density at radius 1 is 1.10 bits per heavy atom. The van der Waals surface area contributed by atoms with Gasteiger partial charge in [0.2, 0.25) is 0 Å². The smallest absolute Gasteiger partial charge is 0.0198 e. The Balaban J connectivity index is 1.82. The summed E-state index contributed by atoms with van der Waals surface area (Å²) in [5.74, 6) is 1.87. The van der Waals surface area contributed by atoms with Gasteiger partial charge in [-0.1, -0.05) is 40.5 Å². The number of rotatable bonds is 7. The van der Waals surface area contributed by atoms with Crippen molar-refractivity contribution in [3.8, 4) is 0 Å². The Morgan fingerprint density at radius 2 is 1.86 bits per heavy atom. The molecule has 124 valence electrons. The van der Waals surface area contributed by atoms with Crippen LogP contribution in [0.3, 0.4) is 0 Å². The minimum absolute atomic E-state index is 0.469. The number of hydrogen-bond donors (Lipinski definition) is 1. The first kappa shape index (κ1) is 17.3. The highest BCUT2D eigenvalue weighted by atomic mass is 15.2. The van der Waals surface area contributed by atoms with Gasteiger partial charge in [-0.3, -0.25) is 0 Å². The standard InChI is InChI=1S/C19H38N2/c1-5-6-10-21-14-17(12-19(2,3)4)11-18(15-21)20-13-16-8-7-9-16/h16-18,20H,5-15H2,1-4H3. The van der Waals surface area contributed by atoms with Gasteiger partial charge in [0, 0.05) is 19.1 Å². The van der Waals surface area contributed by atoms with Gasteiger partial charge in [0.05, 0.1) is 0 Å². The highest BCUT2D eigenvalue weighted by Crippen LogP contribution is 2.31. The Bertz CT molecular complexity index is 290. The van der Waals surface area contributed by atoms with Gasteiger partial charge in [0.15, 0.2) is 0 Å². The molecule has 1 saturated heterocycles. The number of nitrogens with zero attached hydrogens (tertiary/aromatic N) is 1. The maximum absolute atomic E-state index is 3.90. The molecule has 2 nitrogen and oxygen atoms in total. The van der Waals surface area contributed by atoms with Crippen LogP contribution < -0.4 is 5.32 Å². The van der Waals surface area contributed by atoms with Gasteiger partial charge in [-0.25, -0.2) is 0 Å². The fourth-order valence-corrected chi connectivity index (χ4v) is 4.06. The van der Waals surface area contributed by atoms with Gasteiger partial charge in [-0.05, 0) is 62.4 Å². The predicted molar refractivity (Wildman–Crippen MR) is 92.7 cm³/mol. The van der Waals surface area contributed by atoms with Gasteiger partial charge in [-0.2, -0.15) is 0 Å². The number of nitrogens with one attached hydrogen (secondary N) is 1. The zero-order chi connectivity index (χ0) is 15.3. The number of piperidine rings is 1. The molecule has 2 rings (SSSR count). The predicted octanol–water partition coefficient (Wildman–Crippen LogP) is 4.30. The first-order chi connectivity index (χ1) is 9.96. The summed E-state index contributed by atoms with van der Waals surface area (Å²) < 4.78 is 0. The summed E-state index contributed by atoms with van der Waals surface area (Å²) in [7, 11) is 0. The molecule has 0 amide bonds. The van der Waals surface area contributed by atoms with E-state index >= 15 is 0 Å². The second-order valence-electron chi connectivity index (χ2n) is 8.88.